The van der Waals surface area contributed by atoms with Crippen LogP contribution in [-0.4, -0.2) is 11.8 Å². The van der Waals surface area contributed by atoms with E-state index in [-0.39, 0.29) is 11.6 Å². The van der Waals surface area contributed by atoms with E-state index in [2.05, 4.69) is 10.6 Å². The van der Waals surface area contributed by atoms with Crippen LogP contribution >= 0.6 is 11.6 Å². The summed E-state index contributed by atoms with van der Waals surface area (Å²) < 4.78 is 0. The van der Waals surface area contributed by atoms with Gasteiger partial charge in [-0.15, -0.1) is 0 Å². The van der Waals surface area contributed by atoms with Gasteiger partial charge in [0, 0.05) is 17.6 Å². The fourth-order valence-corrected chi connectivity index (χ4v) is 2.15. The van der Waals surface area contributed by atoms with Gasteiger partial charge in [0.1, 0.15) is 5.70 Å². The smallest absolute Gasteiger partial charge is 0.272 e. The zero-order valence-corrected chi connectivity index (χ0v) is 13.6. The van der Waals surface area contributed by atoms with Gasteiger partial charge in [-0.1, -0.05) is 48.0 Å². The SMILES string of the molecule is CC(=O)N/C(=C\c1ccccc1)C(=O)Nc1cc(Cl)ccc1C. The van der Waals surface area contributed by atoms with Gasteiger partial charge >= 0.3 is 0 Å². The Bertz CT molecular complexity index is 755. The predicted molar refractivity (Wildman–Crippen MR) is 93.1 cm³/mol. The van der Waals surface area contributed by atoms with Crippen LogP contribution in [0.3, 0.4) is 0 Å². The third-order valence-electron chi connectivity index (χ3n) is 3.11. The second-order valence-electron chi connectivity index (χ2n) is 5.06. The summed E-state index contributed by atoms with van der Waals surface area (Å²) in [5.74, 6) is -0.723. The van der Waals surface area contributed by atoms with Crippen LogP contribution in [0.15, 0.2) is 54.2 Å². The minimum Gasteiger partial charge on any atom is -0.322 e. The lowest BCUT2D eigenvalue weighted by molar-refractivity contribution is -0.120. The van der Waals surface area contributed by atoms with Crippen LogP contribution in [0.2, 0.25) is 5.02 Å². The fraction of sp³-hybridized carbons (Fsp3) is 0.111. The lowest BCUT2D eigenvalue weighted by Crippen LogP contribution is -2.29. The lowest BCUT2D eigenvalue weighted by atomic mass is 10.1. The standard InChI is InChI=1S/C18H17ClN2O2/c1-12-8-9-15(19)11-16(12)21-18(23)17(20-13(2)22)10-14-6-4-3-5-7-14/h3-11H,1-2H3,(H,20,22)(H,21,23)/b17-10-. The highest BCUT2D eigenvalue weighted by molar-refractivity contribution is 6.31. The van der Waals surface area contributed by atoms with Crippen molar-refractivity contribution in [3.63, 3.8) is 0 Å². The quantitative estimate of drug-likeness (QED) is 0.839. The van der Waals surface area contributed by atoms with Gasteiger partial charge in [-0.3, -0.25) is 9.59 Å². The maximum atomic E-state index is 12.5. The van der Waals surface area contributed by atoms with E-state index in [1.54, 1.807) is 18.2 Å². The zero-order valence-electron chi connectivity index (χ0n) is 12.9. The van der Waals surface area contributed by atoms with Crippen LogP contribution in [0.5, 0.6) is 0 Å². The zero-order chi connectivity index (χ0) is 16.8. The lowest BCUT2D eigenvalue weighted by Gasteiger charge is -2.12. The number of hydrogen-bond acceptors (Lipinski definition) is 2. The Kier molecular flexibility index (Phi) is 5.55. The van der Waals surface area contributed by atoms with Crippen molar-refractivity contribution in [3.8, 4) is 0 Å². The second kappa shape index (κ2) is 7.61. The van der Waals surface area contributed by atoms with Crippen LogP contribution in [-0.2, 0) is 9.59 Å². The minimum absolute atomic E-state index is 0.170. The van der Waals surface area contributed by atoms with E-state index in [0.717, 1.165) is 11.1 Å². The summed E-state index contributed by atoms with van der Waals surface area (Å²) in [7, 11) is 0. The molecule has 2 amide bonds. The van der Waals surface area contributed by atoms with Gasteiger partial charge in [0.05, 0.1) is 0 Å². The van der Waals surface area contributed by atoms with Crippen molar-refractivity contribution in [2.45, 2.75) is 13.8 Å². The molecule has 118 valence electrons. The molecular weight excluding hydrogens is 312 g/mol. The number of carbonyl (C=O) groups excluding carboxylic acids is 2. The molecule has 0 unspecified atom stereocenters. The summed E-state index contributed by atoms with van der Waals surface area (Å²) in [6.07, 6.45) is 1.62. The first kappa shape index (κ1) is 16.8. The normalized spacial score (nSPS) is 11.0. The minimum atomic E-state index is -0.408. The van der Waals surface area contributed by atoms with Gasteiger partial charge in [-0.25, -0.2) is 0 Å². The Morgan fingerprint density at radius 3 is 2.43 bits per heavy atom. The monoisotopic (exact) mass is 328 g/mol. The van der Waals surface area contributed by atoms with Gasteiger partial charge < -0.3 is 10.6 Å². The highest BCUT2D eigenvalue weighted by atomic mass is 35.5. The Hall–Kier alpha value is -2.59. The van der Waals surface area contributed by atoms with Crippen LogP contribution in [0, 0.1) is 6.92 Å². The molecule has 2 aromatic rings. The van der Waals surface area contributed by atoms with Crippen molar-refractivity contribution >= 4 is 35.2 Å². The molecule has 0 aliphatic carbocycles. The molecule has 2 N–H and O–H groups in total. The van der Waals surface area contributed by atoms with Crippen LogP contribution in [0.1, 0.15) is 18.1 Å². The van der Waals surface area contributed by atoms with Crippen molar-refractivity contribution in [2.75, 3.05) is 5.32 Å². The molecule has 0 fully saturated rings. The van der Waals surface area contributed by atoms with Crippen LogP contribution < -0.4 is 10.6 Å². The molecule has 0 bridgehead atoms. The molecule has 2 aromatic carbocycles. The summed E-state index contributed by atoms with van der Waals surface area (Å²) >= 11 is 5.96. The third-order valence-corrected chi connectivity index (χ3v) is 3.35. The van der Waals surface area contributed by atoms with Crippen molar-refractivity contribution < 1.29 is 9.59 Å². The van der Waals surface area contributed by atoms with E-state index in [4.69, 9.17) is 11.6 Å². The fourth-order valence-electron chi connectivity index (χ4n) is 1.98. The molecule has 0 aliphatic heterocycles. The first-order chi connectivity index (χ1) is 11.0. The molecule has 0 saturated heterocycles. The number of halogens is 1. The molecular formula is C18H17ClN2O2. The number of aryl methyl sites for hydroxylation is 1. The van der Waals surface area contributed by atoms with Crippen molar-refractivity contribution in [1.82, 2.24) is 5.32 Å². The Balaban J connectivity index is 2.28. The Morgan fingerprint density at radius 2 is 1.78 bits per heavy atom. The van der Waals surface area contributed by atoms with E-state index in [1.165, 1.54) is 6.92 Å². The second-order valence-corrected chi connectivity index (χ2v) is 5.50. The first-order valence-electron chi connectivity index (χ1n) is 7.07. The van der Waals surface area contributed by atoms with E-state index in [9.17, 15) is 9.59 Å². The van der Waals surface area contributed by atoms with E-state index < -0.39 is 5.91 Å². The van der Waals surface area contributed by atoms with E-state index >= 15 is 0 Å². The molecule has 5 heteroatoms. The maximum Gasteiger partial charge on any atom is 0.272 e. The highest BCUT2D eigenvalue weighted by Crippen LogP contribution is 2.20. The Morgan fingerprint density at radius 1 is 1.09 bits per heavy atom. The van der Waals surface area contributed by atoms with E-state index in [0.29, 0.717) is 10.7 Å². The van der Waals surface area contributed by atoms with Gasteiger partial charge in [0.2, 0.25) is 5.91 Å². The Labute approximate surface area is 140 Å². The third kappa shape index (κ3) is 4.97. The number of benzene rings is 2. The number of amides is 2. The number of anilines is 1. The van der Waals surface area contributed by atoms with Crippen molar-refractivity contribution in [3.05, 3.63) is 70.4 Å². The molecule has 0 radical (unpaired) electrons. The van der Waals surface area contributed by atoms with Gasteiger partial charge in [-0.2, -0.15) is 0 Å². The molecule has 0 aliphatic rings. The topological polar surface area (TPSA) is 58.2 Å². The summed E-state index contributed by atoms with van der Waals surface area (Å²) in [5.41, 5.74) is 2.47. The molecule has 0 atom stereocenters. The average Bonchev–Trinajstić information content (AvgIpc) is 2.51. The molecule has 2 rings (SSSR count). The summed E-state index contributed by atoms with van der Waals surface area (Å²) in [4.78, 5) is 23.8. The molecule has 23 heavy (non-hydrogen) atoms. The molecule has 0 saturated carbocycles. The van der Waals surface area contributed by atoms with Crippen LogP contribution in [0.4, 0.5) is 5.69 Å². The van der Waals surface area contributed by atoms with Crippen molar-refractivity contribution in [1.29, 1.82) is 0 Å². The van der Waals surface area contributed by atoms with Gasteiger partial charge in [-0.05, 0) is 36.3 Å². The maximum absolute atomic E-state index is 12.5. The summed E-state index contributed by atoms with van der Waals surface area (Å²) in [6, 6.07) is 14.5. The van der Waals surface area contributed by atoms with Crippen LogP contribution in [0.25, 0.3) is 6.08 Å². The average molecular weight is 329 g/mol. The molecule has 4 nitrogen and oxygen atoms in total. The molecule has 0 heterocycles. The highest BCUT2D eigenvalue weighted by Gasteiger charge is 2.13. The first-order valence-corrected chi connectivity index (χ1v) is 7.45. The number of nitrogens with one attached hydrogen (secondary N) is 2. The molecule has 0 spiro atoms. The van der Waals surface area contributed by atoms with Gasteiger partial charge in [0.15, 0.2) is 0 Å². The summed E-state index contributed by atoms with van der Waals surface area (Å²) in [5, 5.41) is 5.86. The number of rotatable bonds is 4. The largest absolute Gasteiger partial charge is 0.322 e. The number of carbonyl (C=O) groups is 2. The number of hydrogen-bond donors (Lipinski definition) is 2. The molecule has 0 aromatic heterocycles. The predicted octanol–water partition coefficient (Wildman–Crippen LogP) is 3.76. The van der Waals surface area contributed by atoms with Crippen molar-refractivity contribution in [2.24, 2.45) is 0 Å². The summed E-state index contributed by atoms with van der Waals surface area (Å²) in [6.45, 7) is 3.22. The van der Waals surface area contributed by atoms with E-state index in [1.807, 2.05) is 43.3 Å². The van der Waals surface area contributed by atoms with Gasteiger partial charge in [0.25, 0.3) is 5.91 Å².